The highest BCUT2D eigenvalue weighted by Gasteiger charge is 2.43. The molecule has 2 rings (SSSR count). The number of carboxylic acid groups (broad SMARTS) is 1. The molecule has 18 heavy (non-hydrogen) atoms. The molecule has 1 N–H and O–H groups in total. The highest BCUT2D eigenvalue weighted by atomic mass is 16.7. The van der Waals surface area contributed by atoms with E-state index < -0.39 is 5.97 Å². The van der Waals surface area contributed by atoms with Gasteiger partial charge in [-0.15, -0.1) is 0 Å². The third kappa shape index (κ3) is 3.24. The Bertz CT molecular complexity index is 361. The summed E-state index contributed by atoms with van der Waals surface area (Å²) >= 11 is 0. The van der Waals surface area contributed by atoms with Gasteiger partial charge in [0.2, 0.25) is 0 Å². The predicted octanol–water partition coefficient (Wildman–Crippen LogP) is 2.18. The van der Waals surface area contributed by atoms with Crippen LogP contribution in [-0.2, 0) is 14.3 Å². The quantitative estimate of drug-likeness (QED) is 0.765. The molecule has 0 aromatic carbocycles. The molecule has 2 fully saturated rings. The van der Waals surface area contributed by atoms with Crippen LogP contribution in [-0.4, -0.2) is 30.1 Å². The third-order valence-electron chi connectivity index (χ3n) is 4.08. The van der Waals surface area contributed by atoms with Gasteiger partial charge >= 0.3 is 5.97 Å². The van der Waals surface area contributed by atoms with Gasteiger partial charge in [0.1, 0.15) is 0 Å². The van der Waals surface area contributed by atoms with Crippen molar-refractivity contribution in [3.05, 3.63) is 0 Å². The minimum Gasteiger partial charge on any atom is -0.472 e. The number of ether oxygens (including phenoxy) is 2. The van der Waals surface area contributed by atoms with Crippen LogP contribution >= 0.6 is 0 Å². The van der Waals surface area contributed by atoms with Gasteiger partial charge in [0.25, 0.3) is 0 Å². The molecule has 0 amide bonds. The maximum Gasteiger partial charge on any atom is 0.381 e. The fraction of sp³-hybridized carbons (Fsp3) is 0.786. The minimum absolute atomic E-state index is 0.244. The number of aliphatic carboxylic acids is 1. The molecule has 1 heterocycles. The van der Waals surface area contributed by atoms with E-state index in [2.05, 4.69) is 18.8 Å². The number of hydrogen-bond donors (Lipinski definition) is 1. The molecule has 4 nitrogen and oxygen atoms in total. The lowest BCUT2D eigenvalue weighted by molar-refractivity contribution is -0.190. The molecule has 1 saturated carbocycles. The lowest BCUT2D eigenvalue weighted by Gasteiger charge is -2.41. The van der Waals surface area contributed by atoms with Gasteiger partial charge in [-0.25, -0.2) is 4.79 Å². The first-order valence-electron chi connectivity index (χ1n) is 6.53. The van der Waals surface area contributed by atoms with Crippen LogP contribution in [0.25, 0.3) is 0 Å². The molecular weight excluding hydrogens is 232 g/mol. The van der Waals surface area contributed by atoms with E-state index in [1.54, 1.807) is 0 Å². The van der Waals surface area contributed by atoms with Crippen LogP contribution in [0.2, 0.25) is 0 Å². The average molecular weight is 252 g/mol. The van der Waals surface area contributed by atoms with Crippen LogP contribution in [0.4, 0.5) is 0 Å². The van der Waals surface area contributed by atoms with E-state index in [9.17, 15) is 4.79 Å². The second-order valence-electron chi connectivity index (χ2n) is 5.53. The Kier molecular flexibility index (Phi) is 3.94. The molecule has 2 aliphatic rings. The zero-order chi connectivity index (χ0) is 13.1. The Balaban J connectivity index is 1.80. The lowest BCUT2D eigenvalue weighted by Crippen LogP contribution is -2.38. The Morgan fingerprint density at radius 2 is 1.83 bits per heavy atom. The number of rotatable bonds is 2. The summed E-state index contributed by atoms with van der Waals surface area (Å²) in [7, 11) is 0. The first kappa shape index (κ1) is 13.4. The van der Waals surface area contributed by atoms with Crippen molar-refractivity contribution in [1.29, 1.82) is 0 Å². The SMILES string of the molecule is CC1(CCC#CC(=O)O)CCC2(CC1)OCCO2. The number of hydrogen-bond acceptors (Lipinski definition) is 3. The fourth-order valence-corrected chi connectivity index (χ4v) is 2.77. The maximum atomic E-state index is 10.3. The van der Waals surface area contributed by atoms with E-state index in [1.165, 1.54) is 0 Å². The van der Waals surface area contributed by atoms with Crippen molar-refractivity contribution >= 4 is 5.97 Å². The molecule has 0 aromatic rings. The van der Waals surface area contributed by atoms with Gasteiger partial charge in [0, 0.05) is 25.2 Å². The van der Waals surface area contributed by atoms with Gasteiger partial charge in [-0.05, 0) is 24.7 Å². The van der Waals surface area contributed by atoms with Crippen LogP contribution in [0.15, 0.2) is 0 Å². The molecule has 4 heteroatoms. The van der Waals surface area contributed by atoms with Crippen molar-refractivity contribution in [1.82, 2.24) is 0 Å². The Morgan fingerprint density at radius 1 is 1.22 bits per heavy atom. The largest absolute Gasteiger partial charge is 0.472 e. The summed E-state index contributed by atoms with van der Waals surface area (Å²) in [6.07, 6.45) is 5.59. The van der Waals surface area contributed by atoms with Crippen LogP contribution in [0.5, 0.6) is 0 Å². The van der Waals surface area contributed by atoms with Crippen LogP contribution in [0.3, 0.4) is 0 Å². The van der Waals surface area contributed by atoms with Crippen LogP contribution in [0, 0.1) is 17.3 Å². The monoisotopic (exact) mass is 252 g/mol. The zero-order valence-electron chi connectivity index (χ0n) is 10.8. The van der Waals surface area contributed by atoms with E-state index in [-0.39, 0.29) is 11.2 Å². The van der Waals surface area contributed by atoms with Crippen molar-refractivity contribution in [2.24, 2.45) is 5.41 Å². The fourth-order valence-electron chi connectivity index (χ4n) is 2.77. The molecule has 0 atom stereocenters. The second-order valence-corrected chi connectivity index (χ2v) is 5.53. The number of carbonyl (C=O) groups is 1. The van der Waals surface area contributed by atoms with E-state index in [4.69, 9.17) is 14.6 Å². The lowest BCUT2D eigenvalue weighted by atomic mass is 9.71. The molecule has 100 valence electrons. The van der Waals surface area contributed by atoms with Crippen LogP contribution < -0.4 is 0 Å². The molecule has 1 saturated heterocycles. The summed E-state index contributed by atoms with van der Waals surface area (Å²) in [5.41, 5.74) is 0.244. The van der Waals surface area contributed by atoms with Gasteiger partial charge in [0.05, 0.1) is 13.2 Å². The summed E-state index contributed by atoms with van der Waals surface area (Å²) in [6, 6.07) is 0. The Morgan fingerprint density at radius 3 is 2.39 bits per heavy atom. The van der Waals surface area contributed by atoms with Gasteiger partial charge in [-0.2, -0.15) is 0 Å². The van der Waals surface area contributed by atoms with Gasteiger partial charge in [-0.3, -0.25) is 0 Å². The third-order valence-corrected chi connectivity index (χ3v) is 4.08. The average Bonchev–Trinajstić information content (AvgIpc) is 2.79. The van der Waals surface area contributed by atoms with Gasteiger partial charge in [0.15, 0.2) is 5.79 Å². The topological polar surface area (TPSA) is 55.8 Å². The Labute approximate surface area is 108 Å². The Hall–Kier alpha value is -1.05. The summed E-state index contributed by atoms with van der Waals surface area (Å²) < 4.78 is 11.4. The highest BCUT2D eigenvalue weighted by Crippen LogP contribution is 2.46. The standard InChI is InChI=1S/C14H20O4/c1-13(5-3-2-4-12(15)16)6-8-14(9-7-13)17-10-11-18-14/h3,5-11H2,1H3,(H,15,16). The van der Waals surface area contributed by atoms with E-state index >= 15 is 0 Å². The summed E-state index contributed by atoms with van der Waals surface area (Å²) in [6.45, 7) is 3.67. The molecule has 0 radical (unpaired) electrons. The summed E-state index contributed by atoms with van der Waals surface area (Å²) in [4.78, 5) is 10.3. The first-order chi connectivity index (χ1) is 8.54. The molecule has 0 unspecified atom stereocenters. The van der Waals surface area contributed by atoms with Crippen LogP contribution in [0.1, 0.15) is 45.4 Å². The maximum absolute atomic E-state index is 10.3. The smallest absolute Gasteiger partial charge is 0.381 e. The normalized spacial score (nSPS) is 24.5. The zero-order valence-corrected chi connectivity index (χ0v) is 10.8. The first-order valence-corrected chi connectivity index (χ1v) is 6.53. The minimum atomic E-state index is -1.05. The van der Waals surface area contributed by atoms with E-state index in [0.717, 1.165) is 32.1 Å². The highest BCUT2D eigenvalue weighted by molar-refractivity contribution is 5.86. The van der Waals surface area contributed by atoms with E-state index in [0.29, 0.717) is 19.6 Å². The van der Waals surface area contributed by atoms with Crippen molar-refractivity contribution in [3.8, 4) is 11.8 Å². The number of carboxylic acids is 1. The van der Waals surface area contributed by atoms with E-state index in [1.807, 2.05) is 0 Å². The summed E-state index contributed by atoms with van der Waals surface area (Å²) in [5.74, 6) is 3.52. The van der Waals surface area contributed by atoms with Crippen molar-refractivity contribution < 1.29 is 19.4 Å². The second kappa shape index (κ2) is 5.29. The van der Waals surface area contributed by atoms with Crippen molar-refractivity contribution in [2.75, 3.05) is 13.2 Å². The molecule has 1 aliphatic carbocycles. The molecule has 0 bridgehead atoms. The van der Waals surface area contributed by atoms with Crippen molar-refractivity contribution in [3.63, 3.8) is 0 Å². The van der Waals surface area contributed by atoms with Gasteiger partial charge < -0.3 is 14.6 Å². The van der Waals surface area contributed by atoms with Crippen molar-refractivity contribution in [2.45, 2.75) is 51.2 Å². The predicted molar refractivity (Wildman–Crippen MR) is 65.9 cm³/mol. The molecular formula is C14H20O4. The molecule has 1 spiro atoms. The molecule has 0 aromatic heterocycles. The van der Waals surface area contributed by atoms with Gasteiger partial charge in [-0.1, -0.05) is 12.8 Å². The molecule has 1 aliphatic heterocycles. The summed E-state index contributed by atoms with van der Waals surface area (Å²) in [5, 5.41) is 8.45.